The van der Waals surface area contributed by atoms with E-state index < -0.39 is 6.09 Å². The van der Waals surface area contributed by atoms with Crippen molar-refractivity contribution in [3.63, 3.8) is 0 Å². The van der Waals surface area contributed by atoms with E-state index in [0.717, 1.165) is 26.2 Å². The molecule has 0 saturated carbocycles. The van der Waals surface area contributed by atoms with E-state index in [2.05, 4.69) is 28.9 Å². The molecule has 2 aliphatic rings. The lowest BCUT2D eigenvalue weighted by molar-refractivity contribution is 0.145. The highest BCUT2D eigenvalue weighted by atomic mass is 19.1. The van der Waals surface area contributed by atoms with E-state index in [-0.39, 0.29) is 18.5 Å². The van der Waals surface area contributed by atoms with Gasteiger partial charge in [-0.25, -0.2) is 9.18 Å². The first-order valence-electron chi connectivity index (χ1n) is 9.60. The number of benzene rings is 2. The minimum absolute atomic E-state index is 0.258. The summed E-state index contributed by atoms with van der Waals surface area (Å²) in [6.07, 6.45) is -0.820. The van der Waals surface area contributed by atoms with Crippen molar-refractivity contribution in [3.05, 3.63) is 53.8 Å². The molecule has 0 unspecified atom stereocenters. The van der Waals surface area contributed by atoms with Gasteiger partial charge in [0.15, 0.2) is 0 Å². The number of hydrogen-bond donors (Lipinski definition) is 1. The van der Waals surface area contributed by atoms with Crippen LogP contribution in [0.5, 0.6) is 0 Å². The molecule has 2 heterocycles. The number of carbonyl (C=O) groups is 1. The Hall–Kier alpha value is -2.80. The Morgan fingerprint density at radius 1 is 1.07 bits per heavy atom. The molecule has 1 amide bonds. The minimum Gasteiger partial charge on any atom is -0.443 e. The number of carbonyl (C=O) groups excluding carboxylic acids is 1. The smallest absolute Gasteiger partial charge is 0.414 e. The van der Waals surface area contributed by atoms with Crippen LogP contribution < -0.4 is 20.4 Å². The summed E-state index contributed by atoms with van der Waals surface area (Å²) in [5, 5.41) is 0. The number of piperazine rings is 1. The van der Waals surface area contributed by atoms with E-state index in [1.54, 1.807) is 12.1 Å². The van der Waals surface area contributed by atoms with Crippen LogP contribution in [0.4, 0.5) is 26.2 Å². The molecule has 0 spiro atoms. The average Bonchev–Trinajstić information content (AvgIpc) is 3.09. The van der Waals surface area contributed by atoms with Gasteiger partial charge in [0.2, 0.25) is 0 Å². The van der Waals surface area contributed by atoms with Gasteiger partial charge in [0.25, 0.3) is 0 Å². The quantitative estimate of drug-likeness (QED) is 0.878. The SMILES string of the molecule is Cc1ccccc1N1CCN(c2ccc(N3C[C@H](CN)OC3=O)cc2F)CC1. The summed E-state index contributed by atoms with van der Waals surface area (Å²) in [4.78, 5) is 17.8. The number of nitrogens with two attached hydrogens (primary N) is 1. The van der Waals surface area contributed by atoms with Crippen molar-refractivity contribution in [1.82, 2.24) is 0 Å². The zero-order valence-electron chi connectivity index (χ0n) is 16.0. The number of anilines is 3. The van der Waals surface area contributed by atoms with Gasteiger partial charge in [0, 0.05) is 38.4 Å². The number of nitrogens with zero attached hydrogens (tertiary/aromatic N) is 3. The second-order valence-electron chi connectivity index (χ2n) is 7.25. The van der Waals surface area contributed by atoms with Crippen LogP contribution in [0.25, 0.3) is 0 Å². The zero-order chi connectivity index (χ0) is 19.7. The first-order chi connectivity index (χ1) is 13.6. The van der Waals surface area contributed by atoms with E-state index in [0.29, 0.717) is 17.9 Å². The summed E-state index contributed by atoms with van der Waals surface area (Å²) < 4.78 is 20.0. The Kier molecular flexibility index (Phi) is 5.09. The fourth-order valence-electron chi connectivity index (χ4n) is 3.88. The van der Waals surface area contributed by atoms with Crippen molar-refractivity contribution in [3.8, 4) is 0 Å². The predicted molar refractivity (Wildman–Crippen MR) is 109 cm³/mol. The molecule has 2 aliphatic heterocycles. The maximum atomic E-state index is 14.8. The monoisotopic (exact) mass is 384 g/mol. The van der Waals surface area contributed by atoms with Crippen molar-refractivity contribution < 1.29 is 13.9 Å². The molecule has 2 N–H and O–H groups in total. The van der Waals surface area contributed by atoms with Crippen molar-refractivity contribution in [2.75, 3.05) is 54.0 Å². The van der Waals surface area contributed by atoms with Gasteiger partial charge >= 0.3 is 6.09 Å². The highest BCUT2D eigenvalue weighted by Gasteiger charge is 2.32. The van der Waals surface area contributed by atoms with Gasteiger partial charge in [-0.15, -0.1) is 0 Å². The molecular weight excluding hydrogens is 359 g/mol. The molecule has 148 valence electrons. The molecule has 4 rings (SSSR count). The van der Waals surface area contributed by atoms with Crippen LogP contribution in [0.2, 0.25) is 0 Å². The Morgan fingerprint density at radius 3 is 2.36 bits per heavy atom. The van der Waals surface area contributed by atoms with E-state index in [1.807, 2.05) is 12.1 Å². The third kappa shape index (κ3) is 3.49. The number of rotatable bonds is 4. The molecule has 0 aromatic heterocycles. The molecule has 7 heteroatoms. The Bertz CT molecular complexity index is 867. The average molecular weight is 384 g/mol. The Morgan fingerprint density at radius 2 is 1.75 bits per heavy atom. The molecular formula is C21H25FN4O2. The first-order valence-corrected chi connectivity index (χ1v) is 9.60. The van der Waals surface area contributed by atoms with Gasteiger partial charge in [-0.1, -0.05) is 18.2 Å². The number of para-hydroxylation sites is 1. The fraction of sp³-hybridized carbons (Fsp3) is 0.381. The highest BCUT2D eigenvalue weighted by molar-refractivity contribution is 5.90. The minimum atomic E-state index is -0.477. The molecule has 6 nitrogen and oxygen atoms in total. The van der Waals surface area contributed by atoms with Crippen LogP contribution in [0.3, 0.4) is 0 Å². The third-order valence-electron chi connectivity index (χ3n) is 5.46. The lowest BCUT2D eigenvalue weighted by atomic mass is 10.1. The van der Waals surface area contributed by atoms with E-state index in [9.17, 15) is 9.18 Å². The lowest BCUT2D eigenvalue weighted by Gasteiger charge is -2.38. The largest absolute Gasteiger partial charge is 0.443 e. The second-order valence-corrected chi connectivity index (χ2v) is 7.25. The number of aryl methyl sites for hydroxylation is 1. The normalized spacial score (nSPS) is 19.9. The van der Waals surface area contributed by atoms with E-state index >= 15 is 0 Å². The standard InChI is InChI=1S/C21H25FN4O2/c1-15-4-2-3-5-19(15)24-8-10-25(11-9-24)20-7-6-16(12-18(20)22)26-14-17(13-23)28-21(26)27/h2-7,12,17H,8-11,13-14,23H2,1H3/t17-/m0/s1. The fourth-order valence-corrected chi connectivity index (χ4v) is 3.88. The maximum absolute atomic E-state index is 14.8. The van der Waals surface area contributed by atoms with Crippen molar-refractivity contribution >= 4 is 23.2 Å². The van der Waals surface area contributed by atoms with Crippen LogP contribution in [0.15, 0.2) is 42.5 Å². The van der Waals surface area contributed by atoms with Crippen molar-refractivity contribution in [2.45, 2.75) is 13.0 Å². The molecule has 2 aromatic carbocycles. The number of cyclic esters (lactones) is 1. The maximum Gasteiger partial charge on any atom is 0.414 e. The number of halogens is 1. The van der Waals surface area contributed by atoms with Gasteiger partial charge in [-0.3, -0.25) is 4.90 Å². The second kappa shape index (κ2) is 7.67. The van der Waals surface area contributed by atoms with Gasteiger partial charge in [-0.05, 0) is 36.8 Å². The van der Waals surface area contributed by atoms with Gasteiger partial charge < -0.3 is 20.3 Å². The van der Waals surface area contributed by atoms with Crippen LogP contribution in [-0.4, -0.2) is 51.5 Å². The molecule has 1 atom stereocenters. The summed E-state index contributed by atoms with van der Waals surface area (Å²) in [6, 6.07) is 13.2. The molecule has 2 fully saturated rings. The molecule has 0 aliphatic carbocycles. The van der Waals surface area contributed by atoms with E-state index in [1.165, 1.54) is 22.2 Å². The van der Waals surface area contributed by atoms with Gasteiger partial charge in [0.1, 0.15) is 11.9 Å². The Balaban J connectivity index is 1.45. The summed E-state index contributed by atoms with van der Waals surface area (Å²) >= 11 is 0. The van der Waals surface area contributed by atoms with Crippen LogP contribution in [0.1, 0.15) is 5.56 Å². The third-order valence-corrected chi connectivity index (χ3v) is 5.46. The van der Waals surface area contributed by atoms with Crippen LogP contribution >= 0.6 is 0 Å². The van der Waals surface area contributed by atoms with Crippen LogP contribution in [-0.2, 0) is 4.74 Å². The van der Waals surface area contributed by atoms with E-state index in [4.69, 9.17) is 10.5 Å². The van der Waals surface area contributed by atoms with Crippen molar-refractivity contribution in [2.24, 2.45) is 5.73 Å². The number of hydrogen-bond acceptors (Lipinski definition) is 5. The summed E-state index contributed by atoms with van der Waals surface area (Å²) in [6.45, 7) is 5.87. The van der Waals surface area contributed by atoms with Gasteiger partial charge in [0.05, 0.1) is 17.9 Å². The molecule has 0 radical (unpaired) electrons. The zero-order valence-corrected chi connectivity index (χ0v) is 16.0. The topological polar surface area (TPSA) is 62.0 Å². The molecule has 28 heavy (non-hydrogen) atoms. The van der Waals surface area contributed by atoms with Crippen LogP contribution in [0, 0.1) is 12.7 Å². The van der Waals surface area contributed by atoms with Gasteiger partial charge in [-0.2, -0.15) is 0 Å². The summed E-state index contributed by atoms with van der Waals surface area (Å²) in [7, 11) is 0. The number of amides is 1. The lowest BCUT2D eigenvalue weighted by Crippen LogP contribution is -2.47. The molecule has 2 saturated heterocycles. The summed E-state index contributed by atoms with van der Waals surface area (Å²) in [5.41, 5.74) is 9.11. The highest BCUT2D eigenvalue weighted by Crippen LogP contribution is 2.29. The summed E-state index contributed by atoms with van der Waals surface area (Å²) in [5.74, 6) is -0.328. The number of ether oxygens (including phenoxy) is 1. The van der Waals surface area contributed by atoms with Crippen molar-refractivity contribution in [1.29, 1.82) is 0 Å². The molecule has 0 bridgehead atoms. The predicted octanol–water partition coefficient (Wildman–Crippen LogP) is 2.74. The molecule has 2 aromatic rings. The Labute approximate surface area is 164 Å². The first kappa shape index (κ1) is 18.6.